The maximum Gasteiger partial charge on any atom is 0.472 e. The number of rotatable bonds is 37. The molecule has 1 fully saturated rings. The maximum absolute atomic E-state index is 12.7. The van der Waals surface area contributed by atoms with Gasteiger partial charge in [-0.1, -0.05) is 121 Å². The van der Waals surface area contributed by atoms with Crippen molar-refractivity contribution in [2.75, 3.05) is 26.4 Å². The topological polar surface area (TPSA) is 219 Å². The molecule has 1 heterocycles. The van der Waals surface area contributed by atoms with Crippen LogP contribution in [-0.4, -0.2) is 106 Å². The minimum atomic E-state index is -4.70. The lowest BCUT2D eigenvalue weighted by atomic mass is 9.87. The van der Waals surface area contributed by atoms with E-state index < -0.39 is 83.0 Å². The van der Waals surface area contributed by atoms with E-state index in [0.29, 0.717) is 32.1 Å². The van der Waals surface area contributed by atoms with E-state index in [0.717, 1.165) is 57.8 Å². The molecule has 8 atom stereocenters. The van der Waals surface area contributed by atoms with E-state index in [1.807, 2.05) is 12.2 Å². The number of esters is 2. The van der Waals surface area contributed by atoms with Crippen LogP contribution in [0.3, 0.4) is 0 Å². The molecule has 1 aliphatic rings. The lowest BCUT2D eigenvalue weighted by molar-refractivity contribution is -0.199. The number of phosphoric acid groups is 1. The van der Waals surface area contributed by atoms with Crippen molar-refractivity contribution in [2.45, 2.75) is 198 Å². The molecule has 8 unspecified atom stereocenters. The predicted molar refractivity (Wildman–Crippen MR) is 227 cm³/mol. The maximum atomic E-state index is 12.7. The number of allylic oxidation sites excluding steroid dienone is 4. The van der Waals surface area contributed by atoms with Gasteiger partial charge in [-0.25, -0.2) is 4.57 Å². The van der Waals surface area contributed by atoms with Gasteiger partial charge in [-0.05, 0) is 57.8 Å². The average molecular weight is 863 g/mol. The van der Waals surface area contributed by atoms with Gasteiger partial charge in [0.15, 0.2) is 12.4 Å². The monoisotopic (exact) mass is 863 g/mol. The van der Waals surface area contributed by atoms with Gasteiger partial charge in [0, 0.05) is 25.2 Å². The van der Waals surface area contributed by atoms with E-state index in [4.69, 9.17) is 23.8 Å². The fourth-order valence-electron chi connectivity index (χ4n) is 6.50. The van der Waals surface area contributed by atoms with Crippen molar-refractivity contribution in [3.63, 3.8) is 0 Å². The number of carbonyl (C=O) groups is 2. The van der Waals surface area contributed by atoms with E-state index in [1.165, 1.54) is 38.5 Å². The molecular weight excluding hydrogens is 783 g/mol. The molecule has 0 bridgehead atoms. The van der Waals surface area contributed by atoms with Gasteiger partial charge in [-0.3, -0.25) is 18.6 Å². The molecule has 0 saturated carbocycles. The first-order valence-corrected chi connectivity index (χ1v) is 23.8. The Bertz CT molecular complexity index is 1200. The second-order valence-electron chi connectivity index (χ2n) is 15.6. The molecule has 1 aliphatic heterocycles. The van der Waals surface area contributed by atoms with Crippen LogP contribution in [0.25, 0.3) is 0 Å². The zero-order chi connectivity index (χ0) is 43.6. The van der Waals surface area contributed by atoms with Gasteiger partial charge in [0.1, 0.15) is 12.7 Å². The van der Waals surface area contributed by atoms with Crippen LogP contribution in [0.5, 0.6) is 0 Å². The number of carbonyl (C=O) groups excluding carboxylic acids is 2. The summed E-state index contributed by atoms with van der Waals surface area (Å²) in [4.78, 5) is 35.2. The highest BCUT2D eigenvalue weighted by molar-refractivity contribution is 7.47. The van der Waals surface area contributed by atoms with Crippen molar-refractivity contribution in [1.82, 2.24) is 0 Å². The fraction of sp³-hybridized carbons (Fsp3) is 0.818. The molecule has 1 saturated heterocycles. The van der Waals surface area contributed by atoms with E-state index in [-0.39, 0.29) is 25.2 Å². The van der Waals surface area contributed by atoms with E-state index >= 15 is 0 Å². The average Bonchev–Trinajstić information content (AvgIpc) is 3.20. The second-order valence-corrected chi connectivity index (χ2v) is 17.0. The van der Waals surface area contributed by atoms with Crippen molar-refractivity contribution in [3.05, 3.63) is 36.5 Å². The molecule has 344 valence electrons. The minimum absolute atomic E-state index is 0.0116. The number of aliphatic hydroxyl groups is 5. The van der Waals surface area contributed by atoms with E-state index in [1.54, 1.807) is 12.2 Å². The van der Waals surface area contributed by atoms with Crippen molar-refractivity contribution in [3.8, 4) is 0 Å². The number of phosphoric ester groups is 1. The Balaban J connectivity index is 2.52. The first-order valence-electron chi connectivity index (χ1n) is 22.3. The van der Waals surface area contributed by atoms with Crippen LogP contribution in [0.4, 0.5) is 0 Å². The fourth-order valence-corrected chi connectivity index (χ4v) is 7.29. The van der Waals surface area contributed by atoms with Gasteiger partial charge in [0.2, 0.25) is 0 Å². The highest BCUT2D eigenvalue weighted by atomic mass is 31.2. The van der Waals surface area contributed by atoms with Gasteiger partial charge in [-0.15, -0.1) is 0 Å². The zero-order valence-electron chi connectivity index (χ0n) is 36.0. The summed E-state index contributed by atoms with van der Waals surface area (Å²) in [6.45, 7) is 1.94. The smallest absolute Gasteiger partial charge is 0.462 e. The summed E-state index contributed by atoms with van der Waals surface area (Å²) in [6, 6.07) is 0. The molecule has 0 radical (unpaired) electrons. The van der Waals surface area contributed by atoms with Gasteiger partial charge in [-0.2, -0.15) is 0 Å². The molecule has 0 aromatic heterocycles. The molecular formula is C44H79O14P. The third kappa shape index (κ3) is 30.7. The molecule has 14 nitrogen and oxygen atoms in total. The first kappa shape index (κ1) is 55.0. The van der Waals surface area contributed by atoms with Crippen LogP contribution in [0, 0.1) is 5.92 Å². The van der Waals surface area contributed by atoms with Crippen molar-refractivity contribution in [2.24, 2.45) is 5.92 Å². The largest absolute Gasteiger partial charge is 0.472 e. The number of aliphatic hydroxyl groups excluding tert-OH is 5. The predicted octanol–water partition coefficient (Wildman–Crippen LogP) is 7.66. The van der Waals surface area contributed by atoms with Gasteiger partial charge >= 0.3 is 19.8 Å². The van der Waals surface area contributed by atoms with Gasteiger partial charge in [0.05, 0.1) is 38.1 Å². The summed E-state index contributed by atoms with van der Waals surface area (Å²) in [5.41, 5.74) is 0. The zero-order valence-corrected chi connectivity index (χ0v) is 36.9. The first-order chi connectivity index (χ1) is 28.4. The molecule has 15 heteroatoms. The van der Waals surface area contributed by atoms with Crippen LogP contribution in [0.1, 0.15) is 162 Å². The van der Waals surface area contributed by atoms with Crippen LogP contribution >= 0.6 is 7.82 Å². The van der Waals surface area contributed by atoms with E-state index in [2.05, 4.69) is 30.5 Å². The molecule has 0 aromatic rings. The lowest BCUT2D eigenvalue weighted by Crippen LogP contribution is -2.43. The van der Waals surface area contributed by atoms with E-state index in [9.17, 15) is 39.5 Å². The third-order valence-corrected chi connectivity index (χ3v) is 11.0. The minimum Gasteiger partial charge on any atom is -0.462 e. The molecule has 6 N–H and O–H groups in total. The Labute approximate surface area is 354 Å². The summed E-state index contributed by atoms with van der Waals surface area (Å²) in [7, 11) is -4.70. The quantitative estimate of drug-likeness (QED) is 0.0153. The van der Waals surface area contributed by atoms with Crippen LogP contribution in [0.2, 0.25) is 0 Å². The molecule has 1 rings (SSSR count). The number of ether oxygens (including phenoxy) is 3. The van der Waals surface area contributed by atoms with Crippen LogP contribution in [0.15, 0.2) is 36.5 Å². The van der Waals surface area contributed by atoms with Crippen molar-refractivity contribution in [1.29, 1.82) is 0 Å². The number of unbranched alkanes of at least 4 members (excludes halogenated alkanes) is 14. The summed E-state index contributed by atoms with van der Waals surface area (Å²) in [5.74, 6) is -1.47. The van der Waals surface area contributed by atoms with Crippen LogP contribution in [-0.2, 0) is 37.4 Å². The highest BCUT2D eigenvalue weighted by Gasteiger charge is 2.35. The summed E-state index contributed by atoms with van der Waals surface area (Å²) in [5, 5.41) is 49.3. The van der Waals surface area contributed by atoms with Gasteiger partial charge < -0.3 is 44.6 Å². The van der Waals surface area contributed by atoms with Crippen molar-refractivity contribution >= 4 is 19.8 Å². The summed E-state index contributed by atoms with van der Waals surface area (Å²) >= 11 is 0. The summed E-state index contributed by atoms with van der Waals surface area (Å²) < 4.78 is 38.3. The van der Waals surface area contributed by atoms with Gasteiger partial charge in [0.25, 0.3) is 0 Å². The Morgan fingerprint density at radius 2 is 1.32 bits per heavy atom. The Morgan fingerprint density at radius 1 is 0.746 bits per heavy atom. The second kappa shape index (κ2) is 35.6. The molecule has 0 spiro atoms. The lowest BCUT2D eigenvalue weighted by Gasteiger charge is -2.36. The summed E-state index contributed by atoms with van der Waals surface area (Å²) in [6.07, 6.45) is 25.8. The SMILES string of the molecule is CCCCCCCC/C=C\CCCCCCCC(=O)OCC(COP(=O)(O)OCC(O)CO)OC(=O)CCC/C=C\CC1C(O)CC(O)OC1/C=C/C(O)CCCCC. The number of hydrogen-bond donors (Lipinski definition) is 6. The highest BCUT2D eigenvalue weighted by Crippen LogP contribution is 2.43. The molecule has 0 aromatic carbocycles. The Kier molecular flexibility index (Phi) is 33.2. The normalized spacial score (nSPS) is 21.2. The Morgan fingerprint density at radius 3 is 2.00 bits per heavy atom. The molecule has 59 heavy (non-hydrogen) atoms. The van der Waals surface area contributed by atoms with Crippen molar-refractivity contribution < 1.29 is 67.8 Å². The van der Waals surface area contributed by atoms with Crippen LogP contribution < -0.4 is 0 Å². The number of hydrogen-bond acceptors (Lipinski definition) is 13. The standard InChI is InChI=1S/C44H79O14P/c1-3-5-7-8-9-10-11-12-13-14-15-16-17-18-23-27-42(49)54-34-38(35-56-59(52,53)55-33-37(47)32-45)57-43(50)28-24-20-19-22-26-39-40(48)31-44(51)58-41(39)30-29-36(46)25-21-6-4-2/h12-13,19,22,29-30,36-41,44-48,51H,3-11,14-18,20-21,23-28,31-35H2,1-2H3,(H,52,53)/b13-12-,22-19-,30-29+. The third-order valence-electron chi connectivity index (χ3n) is 10.1. The molecule has 0 amide bonds. The Hall–Kier alpha value is -1.97. The molecule has 0 aliphatic carbocycles.